The monoisotopic (exact) mass is 1250 g/mol. The highest BCUT2D eigenvalue weighted by Crippen LogP contribution is 2.40. The van der Waals surface area contributed by atoms with Crippen LogP contribution in [0.4, 0.5) is 41.6 Å². The number of carboxylic acid groups (broad SMARTS) is 1. The van der Waals surface area contributed by atoms with Gasteiger partial charge >= 0.3 is 11.7 Å². The largest absolute Gasteiger partial charge is 0.480 e. The number of aliphatic carboxylic acids is 1. The molecule has 19 heteroatoms. The van der Waals surface area contributed by atoms with Crippen LogP contribution in [0.3, 0.4) is 0 Å². The fourth-order valence-electron chi connectivity index (χ4n) is 9.98. The number of halogens is 5. The Morgan fingerprint density at radius 1 is 0.658 bits per heavy atom. The Labute approximate surface area is 487 Å². The third-order valence-electron chi connectivity index (χ3n) is 13.9. The van der Waals surface area contributed by atoms with Gasteiger partial charge in [0.2, 0.25) is 11.7 Å². The van der Waals surface area contributed by atoms with E-state index in [0.29, 0.717) is 39.0 Å². The molecule has 3 fully saturated rings. The molecular weight excluding hydrogens is 1170 g/mol. The third kappa shape index (κ3) is 23.0. The van der Waals surface area contributed by atoms with Gasteiger partial charge in [0.1, 0.15) is 22.1 Å². The SMILES string of the molecule is CC(C)CN(c1ccc(Br)cc1[N+](=O)[O-])C1CCCCC1.CC(C)CN(c1ccc(SC(C)(C)C(=O)O)cc1NC(=O)Cc1ccc(F)cc1F)C1CCCCC1.CC(C)CNC1CCCCC1.O=[N+]([O-])c1cc(Br)ccc1F. The predicted molar refractivity (Wildman–Crippen MR) is 322 cm³/mol. The minimum absolute atomic E-state index is 0.110. The van der Waals surface area contributed by atoms with Crippen LogP contribution in [0.5, 0.6) is 0 Å². The number of nitrogens with zero attached hydrogens (tertiary/aromatic N) is 4. The number of nitrogens with one attached hydrogen (secondary N) is 2. The van der Waals surface area contributed by atoms with E-state index in [-0.39, 0.29) is 22.6 Å². The van der Waals surface area contributed by atoms with Gasteiger partial charge in [-0.05, 0) is 131 Å². The van der Waals surface area contributed by atoms with E-state index in [4.69, 9.17) is 0 Å². The number of nitro benzene ring substituents is 2. The predicted octanol–water partition coefficient (Wildman–Crippen LogP) is 17.1. The first-order chi connectivity index (χ1) is 37.3. The van der Waals surface area contributed by atoms with Crippen molar-refractivity contribution in [3.8, 4) is 0 Å². The maximum absolute atomic E-state index is 14.2. The lowest BCUT2D eigenvalue weighted by molar-refractivity contribution is -0.387. The van der Waals surface area contributed by atoms with Gasteiger partial charge in [0, 0.05) is 63.3 Å². The minimum atomic E-state index is -1.05. The molecule has 0 saturated heterocycles. The summed E-state index contributed by atoms with van der Waals surface area (Å²) in [5.74, 6) is -1.95. The van der Waals surface area contributed by atoms with Gasteiger partial charge in [0.15, 0.2) is 0 Å². The Balaban J connectivity index is 0.000000260. The Morgan fingerprint density at radius 2 is 1.15 bits per heavy atom. The highest BCUT2D eigenvalue weighted by molar-refractivity contribution is 9.10. The van der Waals surface area contributed by atoms with Gasteiger partial charge < -0.3 is 25.5 Å². The van der Waals surface area contributed by atoms with Crippen LogP contribution >= 0.6 is 43.6 Å². The molecule has 79 heavy (non-hydrogen) atoms. The standard InChI is InChI=1S/C28H36F2N2O3S.C16H23BrN2O2.C10H21N.C6H3BrFNO2/c1-18(2)17-32(21-8-6-5-7-9-21)25-13-12-22(36-28(3,4)27(34)35)16-24(25)31-26(33)14-19-10-11-20(29)15-23(19)30;1-12(2)11-18(14-6-4-3-5-7-14)15-9-8-13(17)10-16(15)19(20)21;1-9(2)8-11-10-6-4-3-5-7-10;7-4-1-2-5(8)6(3-4)9(10)11/h10-13,15-16,18,21H,5-9,14,17H2,1-4H3,(H,31,33)(H,34,35);8-10,12,14H,3-7,11H2,1-2H3;9-11H,3-8H2,1-2H3;1-3H. The number of thioether (sulfide) groups is 1. The summed E-state index contributed by atoms with van der Waals surface area (Å²) >= 11 is 7.53. The molecule has 4 aromatic rings. The van der Waals surface area contributed by atoms with Crippen LogP contribution in [0.15, 0.2) is 86.6 Å². The number of amides is 1. The number of rotatable bonds is 19. The van der Waals surface area contributed by atoms with E-state index in [1.165, 1.54) is 88.2 Å². The van der Waals surface area contributed by atoms with Crippen molar-refractivity contribution in [3.63, 3.8) is 0 Å². The molecule has 0 aliphatic heterocycles. The molecule has 3 aliphatic carbocycles. The molecule has 4 aromatic carbocycles. The molecule has 3 saturated carbocycles. The fourth-order valence-corrected chi connectivity index (χ4v) is 11.7. The molecule has 1 amide bonds. The summed E-state index contributed by atoms with van der Waals surface area (Å²) < 4.78 is 40.2. The summed E-state index contributed by atoms with van der Waals surface area (Å²) in [6, 6.07) is 19.4. The minimum Gasteiger partial charge on any atom is -0.480 e. The van der Waals surface area contributed by atoms with Crippen molar-refractivity contribution in [2.45, 2.75) is 186 Å². The fraction of sp³-hybridized carbons (Fsp3) is 0.567. The Morgan fingerprint density at radius 3 is 1.63 bits per heavy atom. The van der Waals surface area contributed by atoms with Crippen molar-refractivity contribution in [1.82, 2.24) is 5.32 Å². The second kappa shape index (κ2) is 33.3. The molecular formula is C60H83Br2F3N6O7S. The molecule has 0 spiro atoms. The summed E-state index contributed by atoms with van der Waals surface area (Å²) in [6.45, 7) is 19.3. The van der Waals surface area contributed by atoms with Crippen LogP contribution < -0.4 is 20.4 Å². The quantitative estimate of drug-likeness (QED) is 0.0464. The molecule has 0 heterocycles. The Kier molecular flexibility index (Phi) is 28.1. The van der Waals surface area contributed by atoms with Crippen molar-refractivity contribution >= 4 is 83.9 Å². The second-order valence-corrected chi connectivity index (χ2v) is 26.1. The zero-order valence-electron chi connectivity index (χ0n) is 47.3. The molecule has 7 rings (SSSR count). The molecule has 0 unspecified atom stereocenters. The van der Waals surface area contributed by atoms with Crippen LogP contribution in [0, 0.1) is 55.4 Å². The normalized spacial score (nSPS) is 15.2. The zero-order valence-corrected chi connectivity index (χ0v) is 51.3. The van der Waals surface area contributed by atoms with Gasteiger partial charge in [-0.3, -0.25) is 29.8 Å². The first kappa shape index (κ1) is 66.8. The van der Waals surface area contributed by atoms with E-state index in [1.807, 2.05) is 24.3 Å². The van der Waals surface area contributed by atoms with Crippen LogP contribution in [0.1, 0.15) is 157 Å². The smallest absolute Gasteiger partial charge is 0.319 e. The molecule has 0 aromatic heterocycles. The molecule has 0 bridgehead atoms. The molecule has 13 nitrogen and oxygen atoms in total. The van der Waals surface area contributed by atoms with E-state index < -0.39 is 44.7 Å². The van der Waals surface area contributed by atoms with Crippen LogP contribution in [0.2, 0.25) is 0 Å². The lowest BCUT2D eigenvalue weighted by Gasteiger charge is -2.38. The van der Waals surface area contributed by atoms with Gasteiger partial charge in [0.05, 0.1) is 27.6 Å². The van der Waals surface area contributed by atoms with E-state index in [0.717, 1.165) is 104 Å². The Hall–Kier alpha value is -4.72. The molecule has 0 radical (unpaired) electrons. The first-order valence-electron chi connectivity index (χ1n) is 27.9. The summed E-state index contributed by atoms with van der Waals surface area (Å²) in [7, 11) is 0. The van der Waals surface area contributed by atoms with E-state index in [2.05, 4.69) is 93.8 Å². The van der Waals surface area contributed by atoms with Crippen molar-refractivity contribution in [2.24, 2.45) is 17.8 Å². The van der Waals surface area contributed by atoms with E-state index >= 15 is 0 Å². The van der Waals surface area contributed by atoms with E-state index in [9.17, 15) is 48.1 Å². The number of hydrogen-bond donors (Lipinski definition) is 3. The van der Waals surface area contributed by atoms with Gasteiger partial charge in [-0.25, -0.2) is 8.78 Å². The number of anilines is 3. The second-order valence-electron chi connectivity index (χ2n) is 22.6. The number of carboxylic acids is 1. The summed E-state index contributed by atoms with van der Waals surface area (Å²) in [5, 5.41) is 37.7. The molecule has 436 valence electrons. The maximum atomic E-state index is 14.2. The topological polar surface area (TPSA) is 171 Å². The van der Waals surface area contributed by atoms with Crippen LogP contribution in [-0.2, 0) is 16.0 Å². The number of hydrogen-bond acceptors (Lipinski definition) is 10. The third-order valence-corrected chi connectivity index (χ3v) is 16.1. The number of carbonyl (C=O) groups is 2. The van der Waals surface area contributed by atoms with Crippen molar-refractivity contribution in [1.29, 1.82) is 0 Å². The van der Waals surface area contributed by atoms with Crippen molar-refractivity contribution < 1.29 is 37.7 Å². The van der Waals surface area contributed by atoms with Crippen LogP contribution in [-0.4, -0.2) is 69.3 Å². The summed E-state index contributed by atoms with van der Waals surface area (Å²) in [5.41, 5.74) is 2.01. The maximum Gasteiger partial charge on any atom is 0.319 e. The lowest BCUT2D eigenvalue weighted by atomic mass is 9.93. The highest BCUT2D eigenvalue weighted by atomic mass is 79.9. The van der Waals surface area contributed by atoms with Crippen molar-refractivity contribution in [2.75, 3.05) is 34.8 Å². The van der Waals surface area contributed by atoms with Crippen molar-refractivity contribution in [3.05, 3.63) is 125 Å². The van der Waals surface area contributed by atoms with Gasteiger partial charge in [0.25, 0.3) is 5.69 Å². The van der Waals surface area contributed by atoms with Gasteiger partial charge in [-0.15, -0.1) is 11.8 Å². The van der Waals surface area contributed by atoms with Gasteiger partial charge in [-0.2, -0.15) is 4.39 Å². The van der Waals surface area contributed by atoms with Gasteiger partial charge in [-0.1, -0.05) is 137 Å². The first-order valence-corrected chi connectivity index (χ1v) is 30.4. The number of benzene rings is 4. The summed E-state index contributed by atoms with van der Waals surface area (Å²) in [6.07, 6.45) is 18.6. The van der Waals surface area contributed by atoms with E-state index in [1.54, 1.807) is 26.0 Å². The van der Waals surface area contributed by atoms with Crippen LogP contribution in [0.25, 0.3) is 0 Å². The number of nitro groups is 2. The highest BCUT2D eigenvalue weighted by Gasteiger charge is 2.31. The average Bonchev–Trinajstić information content (AvgIpc) is 3.42. The zero-order chi connectivity index (χ0) is 58.4. The summed E-state index contributed by atoms with van der Waals surface area (Å²) in [4.78, 5) is 50.5. The molecule has 3 aliphatic rings. The Bertz CT molecular complexity index is 2590. The lowest BCUT2D eigenvalue weighted by Crippen LogP contribution is -2.40. The number of carbonyl (C=O) groups excluding carboxylic acids is 1. The average molecular weight is 1250 g/mol. The molecule has 3 N–H and O–H groups in total. The molecule has 0 atom stereocenters.